The van der Waals surface area contributed by atoms with Crippen LogP contribution in [-0.4, -0.2) is 96.7 Å². The largest absolute Gasteiger partial charge is 0.472 e. The normalized spacial score (nSPS) is 13.8. The Morgan fingerprint density at radius 1 is 0.238 bits per heavy atom. The van der Waals surface area contributed by atoms with Gasteiger partial charge in [-0.15, -0.1) is 0 Å². The zero-order chi connectivity index (χ0) is 73.9. The van der Waals surface area contributed by atoms with Gasteiger partial charge in [-0.05, 0) is 25.7 Å². The lowest BCUT2D eigenvalue weighted by atomic mass is 10.0. The maximum absolute atomic E-state index is 13.1. The van der Waals surface area contributed by atoms with Crippen molar-refractivity contribution >= 4 is 39.5 Å². The van der Waals surface area contributed by atoms with Crippen LogP contribution in [0.3, 0.4) is 0 Å². The Hall–Kier alpha value is -1.94. The Morgan fingerprint density at radius 2 is 0.396 bits per heavy atom. The fourth-order valence-electron chi connectivity index (χ4n) is 12.8. The molecule has 0 aromatic carbocycles. The third-order valence-electron chi connectivity index (χ3n) is 19.4. The van der Waals surface area contributed by atoms with E-state index in [-0.39, 0.29) is 25.7 Å². The number of unbranched alkanes of at least 4 members (excludes halogenated alkanes) is 57. The van der Waals surface area contributed by atoms with Crippen LogP contribution in [0.15, 0.2) is 0 Å². The van der Waals surface area contributed by atoms with Crippen LogP contribution in [0.2, 0.25) is 0 Å². The van der Waals surface area contributed by atoms with Crippen LogP contribution >= 0.6 is 15.6 Å². The van der Waals surface area contributed by atoms with Crippen LogP contribution in [-0.2, 0) is 65.4 Å². The molecular weight excluding hydrogens is 1320 g/mol. The molecule has 600 valence electrons. The number of esters is 4. The van der Waals surface area contributed by atoms with Crippen molar-refractivity contribution in [2.24, 2.45) is 0 Å². The summed E-state index contributed by atoms with van der Waals surface area (Å²) in [6, 6.07) is 0. The predicted molar refractivity (Wildman–Crippen MR) is 414 cm³/mol. The quantitative estimate of drug-likeness (QED) is 0.0222. The maximum Gasteiger partial charge on any atom is 0.472 e. The molecule has 0 amide bonds. The van der Waals surface area contributed by atoms with Gasteiger partial charge >= 0.3 is 39.5 Å². The zero-order valence-corrected chi connectivity index (χ0v) is 67.7. The van der Waals surface area contributed by atoms with Gasteiger partial charge in [0, 0.05) is 25.7 Å². The molecule has 17 nitrogen and oxygen atoms in total. The fourth-order valence-corrected chi connectivity index (χ4v) is 14.4. The van der Waals surface area contributed by atoms with E-state index in [9.17, 15) is 43.2 Å². The van der Waals surface area contributed by atoms with Gasteiger partial charge in [0.1, 0.15) is 19.3 Å². The Labute approximate surface area is 619 Å². The van der Waals surface area contributed by atoms with Gasteiger partial charge < -0.3 is 33.8 Å². The van der Waals surface area contributed by atoms with E-state index < -0.39 is 97.5 Å². The second-order valence-electron chi connectivity index (χ2n) is 29.5. The summed E-state index contributed by atoms with van der Waals surface area (Å²) >= 11 is 0. The van der Waals surface area contributed by atoms with E-state index in [1.54, 1.807) is 0 Å². The molecule has 0 heterocycles. The number of phosphoric acid groups is 2. The van der Waals surface area contributed by atoms with Gasteiger partial charge in [-0.25, -0.2) is 9.13 Å². The zero-order valence-electron chi connectivity index (χ0n) is 65.9. The summed E-state index contributed by atoms with van der Waals surface area (Å²) in [4.78, 5) is 73.0. The predicted octanol–water partition coefficient (Wildman–Crippen LogP) is 25.0. The van der Waals surface area contributed by atoms with Crippen molar-refractivity contribution in [2.75, 3.05) is 39.6 Å². The molecule has 0 aliphatic rings. The summed E-state index contributed by atoms with van der Waals surface area (Å²) in [5.41, 5.74) is 0. The summed E-state index contributed by atoms with van der Waals surface area (Å²) in [5, 5.41) is 10.6. The van der Waals surface area contributed by atoms with Crippen LogP contribution in [0.1, 0.15) is 445 Å². The van der Waals surface area contributed by atoms with E-state index >= 15 is 0 Å². The van der Waals surface area contributed by atoms with E-state index in [2.05, 4.69) is 27.7 Å². The third-order valence-corrected chi connectivity index (χ3v) is 21.3. The lowest BCUT2D eigenvalue weighted by Gasteiger charge is -2.21. The van der Waals surface area contributed by atoms with E-state index in [0.29, 0.717) is 25.7 Å². The van der Waals surface area contributed by atoms with E-state index in [1.165, 1.54) is 276 Å². The van der Waals surface area contributed by atoms with E-state index in [1.807, 2.05) is 0 Å². The molecule has 19 heteroatoms. The second-order valence-corrected chi connectivity index (χ2v) is 32.4. The van der Waals surface area contributed by atoms with Gasteiger partial charge in [-0.3, -0.25) is 37.3 Å². The van der Waals surface area contributed by atoms with Crippen LogP contribution in [0.5, 0.6) is 0 Å². The molecule has 0 saturated carbocycles. The second kappa shape index (κ2) is 76.3. The number of phosphoric ester groups is 2. The topological polar surface area (TPSA) is 237 Å². The molecule has 0 rings (SSSR count). The highest BCUT2D eigenvalue weighted by Crippen LogP contribution is 2.45. The SMILES string of the molecule is CCCCCCCCCCCCCCCCCCCCCC(=O)O[C@H](COC(=O)CCCCCCCCCCCCCCCCCCCC)COP(=O)(O)OC[C@@H](O)COP(=O)(O)OC[C@@H](COC(=O)CCCCCCCCCC)OC(=O)CCCCCCCCCCCCCCCCCC. The summed E-state index contributed by atoms with van der Waals surface area (Å²) in [6.45, 7) is 5.01. The Balaban J connectivity index is 5.19. The first-order chi connectivity index (χ1) is 49.2. The number of aliphatic hydroxyl groups excluding tert-OH is 1. The van der Waals surface area contributed by atoms with Gasteiger partial charge in [0.15, 0.2) is 12.2 Å². The Morgan fingerprint density at radius 3 is 0.584 bits per heavy atom. The summed E-state index contributed by atoms with van der Waals surface area (Å²) in [6.07, 6.45) is 69.5. The van der Waals surface area contributed by atoms with Crippen molar-refractivity contribution < 1.29 is 80.2 Å². The van der Waals surface area contributed by atoms with Gasteiger partial charge in [0.25, 0.3) is 0 Å². The van der Waals surface area contributed by atoms with Gasteiger partial charge in [0.05, 0.1) is 26.4 Å². The first kappa shape index (κ1) is 99.1. The number of aliphatic hydroxyl groups is 1. The Bertz CT molecular complexity index is 1910. The average molecular weight is 1480 g/mol. The Kier molecular flexibility index (Phi) is 74.8. The molecule has 0 aromatic heterocycles. The molecule has 101 heavy (non-hydrogen) atoms. The van der Waals surface area contributed by atoms with Crippen molar-refractivity contribution in [2.45, 2.75) is 463 Å². The minimum Gasteiger partial charge on any atom is -0.462 e. The molecule has 0 aliphatic heterocycles. The first-order valence-corrected chi connectivity index (χ1v) is 45.8. The lowest BCUT2D eigenvalue weighted by Crippen LogP contribution is -2.30. The van der Waals surface area contributed by atoms with Crippen molar-refractivity contribution in [3.63, 3.8) is 0 Å². The van der Waals surface area contributed by atoms with Crippen LogP contribution in [0.4, 0.5) is 0 Å². The minimum absolute atomic E-state index is 0.109. The van der Waals surface area contributed by atoms with Crippen LogP contribution in [0.25, 0.3) is 0 Å². The number of hydrogen-bond donors (Lipinski definition) is 3. The first-order valence-electron chi connectivity index (χ1n) is 42.8. The van der Waals surface area contributed by atoms with Crippen molar-refractivity contribution in [1.29, 1.82) is 0 Å². The molecular formula is C82H160O17P2. The maximum atomic E-state index is 13.1. The summed E-state index contributed by atoms with van der Waals surface area (Å²) in [5.74, 6) is -2.10. The smallest absolute Gasteiger partial charge is 0.462 e. The standard InChI is InChI=1S/C82H160O17P2/c1-5-9-13-17-21-25-28-31-34-37-39-41-44-47-50-53-57-61-65-69-82(87)99-78(73-93-80(85)67-63-59-55-51-48-45-43-40-38-35-32-29-26-22-18-14-10-6-2)75-97-101(90,91)95-71-76(83)70-94-100(88,89)96-74-77(72-92-79(84)66-62-58-54-24-20-16-12-8-4)98-81(86)68-64-60-56-52-49-46-42-36-33-30-27-23-19-15-11-7-3/h76-78,83H,5-75H2,1-4H3,(H,88,89)(H,90,91)/t76-,77+,78+/m0/s1. The highest BCUT2D eigenvalue weighted by Gasteiger charge is 2.30. The molecule has 2 unspecified atom stereocenters. The summed E-state index contributed by atoms with van der Waals surface area (Å²) in [7, 11) is -9.92. The van der Waals surface area contributed by atoms with Crippen molar-refractivity contribution in [3.8, 4) is 0 Å². The highest BCUT2D eigenvalue weighted by atomic mass is 31.2. The molecule has 0 bridgehead atoms. The number of ether oxygens (including phenoxy) is 4. The number of carbonyl (C=O) groups excluding carboxylic acids is 4. The van der Waals surface area contributed by atoms with Crippen molar-refractivity contribution in [3.05, 3.63) is 0 Å². The fraction of sp³-hybridized carbons (Fsp3) is 0.951. The number of carbonyl (C=O) groups is 4. The molecule has 0 fully saturated rings. The van der Waals surface area contributed by atoms with Gasteiger partial charge in [0.2, 0.25) is 0 Å². The highest BCUT2D eigenvalue weighted by molar-refractivity contribution is 7.47. The molecule has 0 spiro atoms. The van der Waals surface area contributed by atoms with Crippen LogP contribution < -0.4 is 0 Å². The molecule has 0 aromatic rings. The van der Waals surface area contributed by atoms with Gasteiger partial charge in [-0.2, -0.15) is 0 Å². The van der Waals surface area contributed by atoms with E-state index in [0.717, 1.165) is 89.9 Å². The average Bonchev–Trinajstić information content (AvgIpc) is 1.04. The lowest BCUT2D eigenvalue weighted by molar-refractivity contribution is -0.161. The van der Waals surface area contributed by atoms with Gasteiger partial charge in [-0.1, -0.05) is 394 Å². The monoisotopic (exact) mass is 1480 g/mol. The molecule has 5 atom stereocenters. The number of rotatable bonds is 83. The minimum atomic E-state index is -4.96. The third kappa shape index (κ3) is 76.1. The molecule has 0 radical (unpaired) electrons. The molecule has 3 N–H and O–H groups in total. The molecule has 0 saturated heterocycles. The summed E-state index contributed by atoms with van der Waals surface area (Å²) < 4.78 is 68.7. The van der Waals surface area contributed by atoms with Crippen LogP contribution in [0, 0.1) is 0 Å². The number of hydrogen-bond acceptors (Lipinski definition) is 15. The van der Waals surface area contributed by atoms with E-state index in [4.69, 9.17) is 37.0 Å². The van der Waals surface area contributed by atoms with Crippen molar-refractivity contribution in [1.82, 2.24) is 0 Å². The molecule has 0 aliphatic carbocycles.